The molecule has 0 bridgehead atoms. The summed E-state index contributed by atoms with van der Waals surface area (Å²) in [4.78, 5) is 26.6. The molecule has 4 rings (SSSR count). The first-order valence-corrected chi connectivity index (χ1v) is 9.64. The quantitative estimate of drug-likeness (QED) is 0.687. The largest absolute Gasteiger partial charge is 0.416 e. The van der Waals surface area contributed by atoms with Gasteiger partial charge in [0.2, 0.25) is 5.91 Å². The van der Waals surface area contributed by atoms with E-state index in [2.05, 4.69) is 5.10 Å². The van der Waals surface area contributed by atoms with Crippen LogP contribution in [0.4, 0.5) is 18.9 Å². The number of hydrogen-bond donors (Lipinski definition) is 1. The topological polar surface area (TPSA) is 81.2 Å². The minimum absolute atomic E-state index is 0.210. The second-order valence-electron chi connectivity index (χ2n) is 7.33. The smallest absolute Gasteiger partial charge is 0.366 e. The van der Waals surface area contributed by atoms with Crippen molar-refractivity contribution in [2.75, 3.05) is 11.4 Å². The number of benzene rings is 2. The van der Waals surface area contributed by atoms with Gasteiger partial charge in [-0.3, -0.25) is 9.59 Å². The second-order valence-corrected chi connectivity index (χ2v) is 7.33. The minimum atomic E-state index is -4.48. The van der Waals surface area contributed by atoms with E-state index in [4.69, 9.17) is 5.73 Å². The Bertz CT molecular complexity index is 1180. The molecule has 2 aromatic carbocycles. The van der Waals surface area contributed by atoms with Gasteiger partial charge in [0.15, 0.2) is 0 Å². The number of carbonyl (C=O) groups is 2. The van der Waals surface area contributed by atoms with Crippen LogP contribution in [0.1, 0.15) is 44.0 Å². The van der Waals surface area contributed by atoms with Gasteiger partial charge >= 0.3 is 6.18 Å². The van der Waals surface area contributed by atoms with E-state index in [9.17, 15) is 22.8 Å². The molecule has 0 fully saturated rings. The van der Waals surface area contributed by atoms with Gasteiger partial charge in [0.05, 0.1) is 28.7 Å². The molecule has 9 heteroatoms. The molecule has 1 aromatic heterocycles. The van der Waals surface area contributed by atoms with Crippen molar-refractivity contribution < 1.29 is 22.8 Å². The molecule has 1 aliphatic heterocycles. The monoisotopic (exact) mass is 428 g/mol. The average Bonchev–Trinajstić information content (AvgIpc) is 3.13. The predicted octanol–water partition coefficient (Wildman–Crippen LogP) is 3.89. The highest BCUT2D eigenvalue weighted by Crippen LogP contribution is 2.33. The third-order valence-electron chi connectivity index (χ3n) is 5.42. The number of nitrogens with zero attached hydrogens (tertiary/aromatic N) is 3. The Labute approximate surface area is 176 Å². The molecule has 0 saturated carbocycles. The van der Waals surface area contributed by atoms with Gasteiger partial charge in [0.1, 0.15) is 0 Å². The van der Waals surface area contributed by atoms with Gasteiger partial charge in [0, 0.05) is 17.8 Å². The van der Waals surface area contributed by atoms with Gasteiger partial charge in [-0.2, -0.15) is 18.3 Å². The lowest BCUT2D eigenvalue weighted by atomic mass is 9.95. The summed E-state index contributed by atoms with van der Waals surface area (Å²) in [6.45, 7) is 2.08. The Balaban J connectivity index is 1.71. The molecule has 6 nitrogen and oxygen atoms in total. The molecule has 3 aromatic rings. The summed E-state index contributed by atoms with van der Waals surface area (Å²) in [6.07, 6.45) is -1.85. The number of nitrogens with two attached hydrogens (primary N) is 1. The molecule has 31 heavy (non-hydrogen) atoms. The van der Waals surface area contributed by atoms with Crippen LogP contribution < -0.4 is 10.6 Å². The van der Waals surface area contributed by atoms with E-state index in [1.165, 1.54) is 23.0 Å². The van der Waals surface area contributed by atoms with Crippen molar-refractivity contribution in [3.63, 3.8) is 0 Å². The predicted molar refractivity (Wildman–Crippen MR) is 108 cm³/mol. The van der Waals surface area contributed by atoms with Gasteiger partial charge < -0.3 is 10.6 Å². The first-order valence-electron chi connectivity index (χ1n) is 9.64. The normalized spacial score (nSPS) is 13.7. The number of anilines is 1. The highest BCUT2D eigenvalue weighted by Gasteiger charge is 2.31. The van der Waals surface area contributed by atoms with E-state index < -0.39 is 17.6 Å². The number of primary amides is 1. The van der Waals surface area contributed by atoms with Gasteiger partial charge in [-0.05, 0) is 55.7 Å². The zero-order valence-corrected chi connectivity index (χ0v) is 16.6. The number of halogens is 3. The molecule has 0 aliphatic carbocycles. The summed E-state index contributed by atoms with van der Waals surface area (Å²) >= 11 is 0. The van der Waals surface area contributed by atoms with Gasteiger partial charge in [0.25, 0.3) is 5.91 Å². The highest BCUT2D eigenvalue weighted by atomic mass is 19.4. The standard InChI is InChI=1S/C22H19F3N4O2/c1-13-18(12-27-29(13)15-6-2-5-14(11-15)22(23,24)25)21(31)28-10-4-8-16-17(20(26)30)7-3-9-19(16)28/h2-3,5-7,9,11-12H,4,8,10H2,1H3,(H2,26,30). The van der Waals surface area contributed by atoms with Crippen molar-refractivity contribution in [3.05, 3.63) is 76.6 Å². The molecule has 0 spiro atoms. The number of rotatable bonds is 3. The number of fused-ring (bicyclic) bond motifs is 1. The molecule has 2 N–H and O–H groups in total. The molecule has 0 atom stereocenters. The van der Waals surface area contributed by atoms with Crippen molar-refractivity contribution >= 4 is 17.5 Å². The summed E-state index contributed by atoms with van der Waals surface area (Å²) in [7, 11) is 0. The Morgan fingerprint density at radius 1 is 1.10 bits per heavy atom. The van der Waals surface area contributed by atoms with E-state index in [0.717, 1.165) is 17.7 Å². The first-order chi connectivity index (χ1) is 14.7. The molecule has 0 radical (unpaired) electrons. The number of carbonyl (C=O) groups excluding carboxylic acids is 2. The van der Waals surface area contributed by atoms with Crippen molar-refractivity contribution in [3.8, 4) is 5.69 Å². The Morgan fingerprint density at radius 3 is 2.55 bits per heavy atom. The van der Waals surface area contributed by atoms with E-state index in [1.807, 2.05) is 0 Å². The van der Waals surface area contributed by atoms with Crippen LogP contribution >= 0.6 is 0 Å². The van der Waals surface area contributed by atoms with Crippen LogP contribution in [0.25, 0.3) is 5.69 Å². The summed E-state index contributed by atoms with van der Waals surface area (Å²) in [6, 6.07) is 9.83. The van der Waals surface area contributed by atoms with Crippen molar-refractivity contribution in [1.82, 2.24) is 9.78 Å². The molecule has 2 heterocycles. The van der Waals surface area contributed by atoms with Gasteiger partial charge in [-0.25, -0.2) is 4.68 Å². The van der Waals surface area contributed by atoms with Crippen LogP contribution in [0.5, 0.6) is 0 Å². The molecule has 0 saturated heterocycles. The van der Waals surface area contributed by atoms with Crippen LogP contribution in [0.3, 0.4) is 0 Å². The van der Waals surface area contributed by atoms with Crippen molar-refractivity contribution in [2.24, 2.45) is 5.73 Å². The van der Waals surface area contributed by atoms with E-state index >= 15 is 0 Å². The van der Waals surface area contributed by atoms with Crippen molar-refractivity contribution in [2.45, 2.75) is 25.9 Å². The van der Waals surface area contributed by atoms with E-state index in [-0.39, 0.29) is 17.2 Å². The molecular formula is C22H19F3N4O2. The second kappa shape index (κ2) is 7.57. The SMILES string of the molecule is Cc1c(C(=O)N2CCCc3c(C(N)=O)cccc32)cnn1-c1cccc(C(F)(F)F)c1. The number of aromatic nitrogens is 2. The molecule has 160 valence electrons. The number of alkyl halides is 3. The number of amides is 2. The average molecular weight is 428 g/mol. The zero-order valence-electron chi connectivity index (χ0n) is 16.6. The fourth-order valence-corrected chi connectivity index (χ4v) is 3.91. The van der Waals surface area contributed by atoms with Crippen LogP contribution in [-0.2, 0) is 12.6 Å². The van der Waals surface area contributed by atoms with Crippen LogP contribution in [-0.4, -0.2) is 28.1 Å². The van der Waals surface area contributed by atoms with Crippen LogP contribution in [0, 0.1) is 6.92 Å². The number of hydrogen-bond acceptors (Lipinski definition) is 3. The van der Waals surface area contributed by atoms with Crippen molar-refractivity contribution in [1.29, 1.82) is 0 Å². The van der Waals surface area contributed by atoms with E-state index in [1.54, 1.807) is 30.0 Å². The third kappa shape index (κ3) is 3.67. The summed E-state index contributed by atoms with van der Waals surface area (Å²) in [5.74, 6) is -0.891. The first kappa shape index (κ1) is 20.6. The summed E-state index contributed by atoms with van der Waals surface area (Å²) in [5.41, 5.74) is 7.29. The Hall–Kier alpha value is -3.62. The highest BCUT2D eigenvalue weighted by molar-refractivity contribution is 6.08. The summed E-state index contributed by atoms with van der Waals surface area (Å²) in [5, 5.41) is 4.15. The van der Waals surface area contributed by atoms with E-state index in [0.29, 0.717) is 36.3 Å². The summed E-state index contributed by atoms with van der Waals surface area (Å²) < 4.78 is 40.5. The van der Waals surface area contributed by atoms with Crippen LogP contribution in [0.2, 0.25) is 0 Å². The molecule has 2 amide bonds. The lowest BCUT2D eigenvalue weighted by Gasteiger charge is -2.30. The maximum Gasteiger partial charge on any atom is 0.416 e. The fraction of sp³-hybridized carbons (Fsp3) is 0.227. The Morgan fingerprint density at radius 2 is 1.84 bits per heavy atom. The maximum absolute atomic E-state index is 13.3. The van der Waals surface area contributed by atoms with Crippen LogP contribution in [0.15, 0.2) is 48.7 Å². The third-order valence-corrected chi connectivity index (χ3v) is 5.42. The zero-order chi connectivity index (χ0) is 22.3. The molecular weight excluding hydrogens is 409 g/mol. The van der Waals surface area contributed by atoms with Gasteiger partial charge in [-0.15, -0.1) is 0 Å². The van der Waals surface area contributed by atoms with Gasteiger partial charge in [-0.1, -0.05) is 12.1 Å². The molecule has 0 unspecified atom stereocenters. The molecule has 1 aliphatic rings. The minimum Gasteiger partial charge on any atom is -0.366 e. The maximum atomic E-state index is 13.3. The Kier molecular flexibility index (Phi) is 5.04. The lowest BCUT2D eigenvalue weighted by molar-refractivity contribution is -0.137. The lowest BCUT2D eigenvalue weighted by Crippen LogP contribution is -2.36. The fourth-order valence-electron chi connectivity index (χ4n) is 3.91.